The van der Waals surface area contributed by atoms with Gasteiger partial charge in [0.05, 0.1) is 10.6 Å². The summed E-state index contributed by atoms with van der Waals surface area (Å²) >= 11 is 13.8. The minimum atomic E-state index is -3.52. The predicted octanol–water partition coefficient (Wildman–Crippen LogP) is 5.93. The van der Waals surface area contributed by atoms with Gasteiger partial charge in [-0.05, 0) is 41.3 Å². The molecule has 32 heavy (non-hydrogen) atoms. The normalized spacial score (nSPS) is 15.8. The summed E-state index contributed by atoms with van der Waals surface area (Å²) in [5.74, 6) is 0. The quantitative estimate of drug-likeness (QED) is 0.437. The predicted molar refractivity (Wildman–Crippen MR) is 134 cm³/mol. The highest BCUT2D eigenvalue weighted by Gasteiger charge is 2.29. The summed E-state index contributed by atoms with van der Waals surface area (Å²) in [5.41, 5.74) is 2.77. The average Bonchev–Trinajstić information content (AvgIpc) is 3.23. The van der Waals surface area contributed by atoms with Crippen molar-refractivity contribution in [2.24, 2.45) is 0 Å². The molecule has 1 aromatic heterocycles. The molecule has 1 aliphatic heterocycles. The van der Waals surface area contributed by atoms with Gasteiger partial charge in [-0.1, -0.05) is 56.1 Å². The maximum atomic E-state index is 13.1. The van der Waals surface area contributed by atoms with E-state index in [-0.39, 0.29) is 5.41 Å². The number of aromatic nitrogens is 1. The van der Waals surface area contributed by atoms with Gasteiger partial charge in [-0.3, -0.25) is 0 Å². The molecule has 3 aromatic rings. The first-order chi connectivity index (χ1) is 15.0. The van der Waals surface area contributed by atoms with Crippen molar-refractivity contribution < 1.29 is 8.42 Å². The number of halogens is 2. The molecule has 1 saturated heterocycles. The van der Waals surface area contributed by atoms with Crippen molar-refractivity contribution >= 4 is 49.7 Å². The third-order valence-corrected chi connectivity index (χ3v) is 8.77. The number of hydrogen-bond donors (Lipinski definition) is 0. The fraction of sp³-hybridized carbons (Fsp3) is 0.348. The molecule has 0 spiro atoms. The zero-order valence-corrected chi connectivity index (χ0v) is 21.3. The van der Waals surface area contributed by atoms with Gasteiger partial charge >= 0.3 is 0 Å². The Kier molecular flexibility index (Phi) is 6.58. The Morgan fingerprint density at radius 1 is 0.938 bits per heavy atom. The lowest BCUT2D eigenvalue weighted by molar-refractivity contribution is 0.384. The summed E-state index contributed by atoms with van der Waals surface area (Å²) in [7, 11) is -3.52. The van der Waals surface area contributed by atoms with Crippen LogP contribution in [0.15, 0.2) is 52.7 Å². The SMILES string of the molecule is CC(C)(C)c1ccc(S(=O)(=O)N2CCN(c3nc(-c4cc(Cl)cc(Cl)c4)cs3)CC2)cc1. The van der Waals surface area contributed by atoms with Crippen LogP contribution >= 0.6 is 34.5 Å². The van der Waals surface area contributed by atoms with E-state index in [2.05, 4.69) is 25.7 Å². The minimum absolute atomic E-state index is 0.0170. The van der Waals surface area contributed by atoms with Crippen LogP contribution in [0, 0.1) is 0 Å². The van der Waals surface area contributed by atoms with Gasteiger partial charge in [0.2, 0.25) is 10.0 Å². The van der Waals surface area contributed by atoms with E-state index in [1.807, 2.05) is 29.6 Å². The lowest BCUT2D eigenvalue weighted by Crippen LogP contribution is -2.48. The molecular weight excluding hydrogens is 485 g/mol. The Labute approximate surface area is 203 Å². The molecule has 0 unspecified atom stereocenters. The number of piperazine rings is 1. The Balaban J connectivity index is 1.44. The van der Waals surface area contributed by atoms with E-state index in [1.54, 1.807) is 22.5 Å². The summed E-state index contributed by atoms with van der Waals surface area (Å²) in [6, 6.07) is 12.6. The van der Waals surface area contributed by atoms with Crippen molar-refractivity contribution in [1.82, 2.24) is 9.29 Å². The molecule has 0 bridgehead atoms. The molecule has 0 saturated carbocycles. The van der Waals surface area contributed by atoms with Crippen molar-refractivity contribution in [1.29, 1.82) is 0 Å². The van der Waals surface area contributed by atoms with Gasteiger partial charge in [-0.15, -0.1) is 11.3 Å². The van der Waals surface area contributed by atoms with E-state index in [0.29, 0.717) is 41.1 Å². The highest BCUT2D eigenvalue weighted by Crippen LogP contribution is 2.32. The van der Waals surface area contributed by atoms with Crippen LogP contribution in [-0.4, -0.2) is 43.9 Å². The van der Waals surface area contributed by atoms with E-state index >= 15 is 0 Å². The van der Waals surface area contributed by atoms with Crippen molar-refractivity contribution in [2.75, 3.05) is 31.1 Å². The molecule has 2 heterocycles. The number of nitrogens with zero attached hydrogens (tertiary/aromatic N) is 3. The van der Waals surface area contributed by atoms with E-state index < -0.39 is 10.0 Å². The fourth-order valence-electron chi connectivity index (χ4n) is 3.64. The monoisotopic (exact) mass is 509 g/mol. The lowest BCUT2D eigenvalue weighted by atomic mass is 9.87. The average molecular weight is 511 g/mol. The zero-order valence-electron chi connectivity index (χ0n) is 18.2. The van der Waals surface area contributed by atoms with Crippen molar-refractivity contribution in [3.63, 3.8) is 0 Å². The van der Waals surface area contributed by atoms with Crippen molar-refractivity contribution in [2.45, 2.75) is 31.1 Å². The molecule has 0 N–H and O–H groups in total. The number of rotatable bonds is 4. The number of sulfonamides is 1. The number of thiazole rings is 1. The van der Waals surface area contributed by atoms with Crippen molar-refractivity contribution in [3.05, 3.63) is 63.5 Å². The topological polar surface area (TPSA) is 53.5 Å². The molecule has 0 aliphatic carbocycles. The van der Waals surface area contributed by atoms with Gasteiger partial charge in [0.1, 0.15) is 0 Å². The lowest BCUT2D eigenvalue weighted by Gasteiger charge is -2.33. The summed E-state index contributed by atoms with van der Waals surface area (Å²) in [6.07, 6.45) is 0. The molecule has 0 amide bonds. The number of anilines is 1. The first-order valence-electron chi connectivity index (χ1n) is 10.3. The molecular formula is C23H25Cl2N3O2S2. The number of hydrogen-bond acceptors (Lipinski definition) is 5. The molecule has 2 aromatic carbocycles. The molecule has 0 atom stereocenters. The molecule has 170 valence electrons. The van der Waals surface area contributed by atoms with Gasteiger partial charge in [0.25, 0.3) is 0 Å². The molecule has 0 radical (unpaired) electrons. The van der Waals surface area contributed by atoms with Gasteiger partial charge < -0.3 is 4.90 Å². The third kappa shape index (κ3) is 4.97. The first kappa shape index (κ1) is 23.5. The summed E-state index contributed by atoms with van der Waals surface area (Å²) in [6.45, 7) is 8.34. The Hall–Kier alpha value is -1.64. The Bertz CT molecular complexity index is 1190. The largest absolute Gasteiger partial charge is 0.345 e. The molecule has 1 aliphatic rings. The van der Waals surface area contributed by atoms with Crippen LogP contribution in [0.3, 0.4) is 0 Å². The van der Waals surface area contributed by atoms with Crippen LogP contribution < -0.4 is 4.90 Å². The summed E-state index contributed by atoms with van der Waals surface area (Å²) < 4.78 is 27.8. The molecule has 5 nitrogen and oxygen atoms in total. The molecule has 9 heteroatoms. The van der Waals surface area contributed by atoms with E-state index in [1.165, 1.54) is 11.3 Å². The second-order valence-electron chi connectivity index (χ2n) is 8.84. The van der Waals surface area contributed by atoms with Crippen molar-refractivity contribution in [3.8, 4) is 11.3 Å². The minimum Gasteiger partial charge on any atom is -0.345 e. The van der Waals surface area contributed by atoms with Gasteiger partial charge in [-0.2, -0.15) is 4.31 Å². The first-order valence-corrected chi connectivity index (χ1v) is 13.4. The van der Waals surface area contributed by atoms with E-state index in [9.17, 15) is 8.42 Å². The van der Waals surface area contributed by atoms with Crippen LogP contribution in [-0.2, 0) is 15.4 Å². The van der Waals surface area contributed by atoms with Crippen LogP contribution in [0.2, 0.25) is 10.0 Å². The smallest absolute Gasteiger partial charge is 0.243 e. The second kappa shape index (κ2) is 8.95. The van der Waals surface area contributed by atoms with Gasteiger partial charge in [-0.25, -0.2) is 13.4 Å². The van der Waals surface area contributed by atoms with E-state index in [4.69, 9.17) is 28.2 Å². The van der Waals surface area contributed by atoms with Crippen LogP contribution in [0.25, 0.3) is 11.3 Å². The Morgan fingerprint density at radius 2 is 1.53 bits per heavy atom. The van der Waals surface area contributed by atoms with Crippen LogP contribution in [0.5, 0.6) is 0 Å². The third-order valence-electron chi connectivity index (χ3n) is 5.52. The second-order valence-corrected chi connectivity index (χ2v) is 12.5. The number of benzene rings is 2. The molecule has 1 fully saturated rings. The standard InChI is InChI=1S/C23H25Cl2N3O2S2/c1-23(2,3)17-4-6-20(7-5-17)32(29,30)28-10-8-27(9-11-28)22-26-21(15-31-22)16-12-18(24)14-19(25)13-16/h4-7,12-15H,8-11H2,1-3H3. The van der Waals surface area contributed by atoms with Crippen LogP contribution in [0.1, 0.15) is 26.3 Å². The molecule has 4 rings (SSSR count). The fourth-order valence-corrected chi connectivity index (χ4v) is 6.48. The maximum absolute atomic E-state index is 13.1. The summed E-state index contributed by atoms with van der Waals surface area (Å²) in [5, 5.41) is 3.97. The van der Waals surface area contributed by atoms with Gasteiger partial charge in [0.15, 0.2) is 5.13 Å². The van der Waals surface area contributed by atoms with Gasteiger partial charge in [0, 0.05) is 47.2 Å². The highest BCUT2D eigenvalue weighted by molar-refractivity contribution is 7.89. The summed E-state index contributed by atoms with van der Waals surface area (Å²) in [4.78, 5) is 7.18. The Morgan fingerprint density at radius 3 is 2.09 bits per heavy atom. The highest BCUT2D eigenvalue weighted by atomic mass is 35.5. The van der Waals surface area contributed by atoms with Crippen LogP contribution in [0.4, 0.5) is 5.13 Å². The zero-order chi connectivity index (χ0) is 23.1. The maximum Gasteiger partial charge on any atom is 0.243 e. The van der Waals surface area contributed by atoms with E-state index in [0.717, 1.165) is 22.0 Å².